The number of benzene rings is 1. The number of hydrogen-bond donors (Lipinski definition) is 1. The van der Waals surface area contributed by atoms with Crippen LogP contribution in [0.1, 0.15) is 64.7 Å². The van der Waals surface area contributed by atoms with Gasteiger partial charge < -0.3 is 14.7 Å². The lowest BCUT2D eigenvalue weighted by molar-refractivity contribution is -0.151. The first kappa shape index (κ1) is 22.0. The van der Waals surface area contributed by atoms with Gasteiger partial charge in [-0.15, -0.1) is 0 Å². The van der Waals surface area contributed by atoms with Gasteiger partial charge in [0.15, 0.2) is 6.61 Å². The molecule has 0 radical (unpaired) electrons. The van der Waals surface area contributed by atoms with E-state index in [1.165, 1.54) is 4.90 Å². The zero-order chi connectivity index (χ0) is 20.3. The first-order valence-electron chi connectivity index (χ1n) is 8.96. The van der Waals surface area contributed by atoms with E-state index in [4.69, 9.17) is 4.74 Å². The summed E-state index contributed by atoms with van der Waals surface area (Å²) in [6.07, 6.45) is 0.695. The van der Waals surface area contributed by atoms with Gasteiger partial charge in [-0.2, -0.15) is 0 Å². The Kier molecular flexibility index (Phi) is 6.86. The molecule has 0 saturated carbocycles. The number of rotatable bonds is 5. The Balaban J connectivity index is 2.96. The van der Waals surface area contributed by atoms with E-state index in [0.29, 0.717) is 12.2 Å². The topological polar surface area (TPSA) is 66.8 Å². The Morgan fingerprint density at radius 3 is 1.85 bits per heavy atom. The Bertz CT molecular complexity index is 629. The normalized spacial score (nSPS) is 12.0. The largest absolute Gasteiger partial charge is 0.507 e. The molecule has 0 saturated heterocycles. The summed E-state index contributed by atoms with van der Waals surface area (Å²) in [5.41, 5.74) is 2.30. The summed E-state index contributed by atoms with van der Waals surface area (Å²) in [7, 11) is 3.24. The number of hydrogen-bond acceptors (Lipinski definition) is 4. The van der Waals surface area contributed by atoms with Crippen molar-refractivity contribution >= 4 is 11.9 Å². The minimum Gasteiger partial charge on any atom is -0.507 e. The molecule has 0 spiro atoms. The van der Waals surface area contributed by atoms with Gasteiger partial charge in [0, 0.05) is 20.5 Å². The van der Waals surface area contributed by atoms with Crippen molar-refractivity contribution in [1.82, 2.24) is 4.90 Å². The smallest absolute Gasteiger partial charge is 0.306 e. The lowest BCUT2D eigenvalue weighted by atomic mass is 9.78. The molecule has 0 fully saturated rings. The van der Waals surface area contributed by atoms with Crippen LogP contribution in [0.15, 0.2) is 12.1 Å². The number of ether oxygens (including phenoxy) is 1. The molecule has 1 N–H and O–H groups in total. The lowest BCUT2D eigenvalue weighted by Crippen LogP contribution is -2.27. The second-order valence-corrected chi connectivity index (χ2v) is 8.99. The summed E-state index contributed by atoms with van der Waals surface area (Å²) in [5, 5.41) is 10.7. The summed E-state index contributed by atoms with van der Waals surface area (Å²) in [6, 6.07) is 3.92. The number of phenolic OH excluding ortho intramolecular Hbond substituents is 1. The molecule has 5 nitrogen and oxygen atoms in total. The van der Waals surface area contributed by atoms with Crippen LogP contribution in [-0.2, 0) is 31.6 Å². The quantitative estimate of drug-likeness (QED) is 0.813. The molecule has 0 unspecified atom stereocenters. The Morgan fingerprint density at radius 2 is 1.46 bits per heavy atom. The average molecular weight is 363 g/mol. The molecule has 0 aliphatic rings. The van der Waals surface area contributed by atoms with Crippen molar-refractivity contribution < 1.29 is 19.4 Å². The third-order valence-electron chi connectivity index (χ3n) is 4.26. The molecule has 0 aromatic heterocycles. The Labute approximate surface area is 157 Å². The fourth-order valence-electron chi connectivity index (χ4n) is 2.57. The van der Waals surface area contributed by atoms with Gasteiger partial charge in [0.25, 0.3) is 5.91 Å². The molecule has 1 amide bonds. The molecule has 146 valence electrons. The van der Waals surface area contributed by atoms with Crippen molar-refractivity contribution in [2.75, 3.05) is 20.7 Å². The van der Waals surface area contributed by atoms with E-state index in [2.05, 4.69) is 41.5 Å². The van der Waals surface area contributed by atoms with E-state index in [0.717, 1.165) is 16.7 Å². The highest BCUT2D eigenvalue weighted by atomic mass is 16.5. The molecule has 1 aromatic rings. The van der Waals surface area contributed by atoms with Crippen LogP contribution in [0.3, 0.4) is 0 Å². The molecular formula is C21H33NO4. The van der Waals surface area contributed by atoms with Gasteiger partial charge in [-0.1, -0.05) is 53.7 Å². The van der Waals surface area contributed by atoms with Crippen LogP contribution >= 0.6 is 0 Å². The van der Waals surface area contributed by atoms with E-state index < -0.39 is 5.97 Å². The molecule has 0 heterocycles. The minimum absolute atomic E-state index is 0.193. The Hall–Kier alpha value is -2.04. The molecule has 26 heavy (non-hydrogen) atoms. The first-order chi connectivity index (χ1) is 11.7. The van der Waals surface area contributed by atoms with Crippen molar-refractivity contribution in [1.29, 1.82) is 0 Å². The number of carbonyl (C=O) groups excluding carboxylic acids is 2. The van der Waals surface area contributed by atoms with Gasteiger partial charge in [0.05, 0.1) is 0 Å². The average Bonchev–Trinajstić information content (AvgIpc) is 2.48. The van der Waals surface area contributed by atoms with Crippen molar-refractivity contribution in [3.63, 3.8) is 0 Å². The maximum Gasteiger partial charge on any atom is 0.306 e. The van der Waals surface area contributed by atoms with Crippen molar-refractivity contribution in [3.8, 4) is 5.75 Å². The summed E-state index contributed by atoms with van der Waals surface area (Å²) >= 11 is 0. The van der Waals surface area contributed by atoms with Crippen molar-refractivity contribution in [2.24, 2.45) is 0 Å². The van der Waals surface area contributed by atoms with Gasteiger partial charge in [0.2, 0.25) is 0 Å². The van der Waals surface area contributed by atoms with Crippen LogP contribution in [0, 0.1) is 0 Å². The van der Waals surface area contributed by atoms with Gasteiger partial charge in [-0.25, -0.2) is 0 Å². The molecule has 0 aliphatic carbocycles. The van der Waals surface area contributed by atoms with Gasteiger partial charge in [-0.05, 0) is 33.9 Å². The minimum atomic E-state index is -0.400. The molecule has 1 rings (SSSR count). The zero-order valence-corrected chi connectivity index (χ0v) is 17.4. The van der Waals surface area contributed by atoms with Gasteiger partial charge >= 0.3 is 5.97 Å². The monoisotopic (exact) mass is 363 g/mol. The van der Waals surface area contributed by atoms with Crippen LogP contribution in [0.5, 0.6) is 5.75 Å². The van der Waals surface area contributed by atoms with E-state index >= 15 is 0 Å². The fraction of sp³-hybridized carbons (Fsp3) is 0.619. The van der Waals surface area contributed by atoms with E-state index in [1.807, 2.05) is 12.1 Å². The van der Waals surface area contributed by atoms with E-state index in [-0.39, 0.29) is 29.8 Å². The van der Waals surface area contributed by atoms with Crippen LogP contribution in [0.4, 0.5) is 0 Å². The highest BCUT2D eigenvalue weighted by Gasteiger charge is 2.26. The highest BCUT2D eigenvalue weighted by Crippen LogP contribution is 2.39. The highest BCUT2D eigenvalue weighted by molar-refractivity contribution is 5.80. The number of nitrogens with zero attached hydrogens (tertiary/aromatic N) is 1. The molecule has 0 atom stereocenters. The Morgan fingerprint density at radius 1 is 1.00 bits per heavy atom. The zero-order valence-electron chi connectivity index (χ0n) is 17.4. The molecule has 1 aromatic carbocycles. The third kappa shape index (κ3) is 6.04. The maximum absolute atomic E-state index is 11.9. The number of carbonyl (C=O) groups is 2. The second kappa shape index (κ2) is 8.11. The fourth-order valence-corrected chi connectivity index (χ4v) is 2.57. The second-order valence-electron chi connectivity index (χ2n) is 8.99. The van der Waals surface area contributed by atoms with Crippen LogP contribution < -0.4 is 0 Å². The first-order valence-corrected chi connectivity index (χ1v) is 8.96. The van der Waals surface area contributed by atoms with Gasteiger partial charge in [0.1, 0.15) is 5.75 Å². The maximum atomic E-state index is 11.9. The van der Waals surface area contributed by atoms with Crippen molar-refractivity contribution in [3.05, 3.63) is 28.8 Å². The molecular weight excluding hydrogens is 330 g/mol. The van der Waals surface area contributed by atoms with E-state index in [9.17, 15) is 14.7 Å². The number of phenols is 1. The number of aromatic hydroxyl groups is 1. The molecule has 0 aliphatic heterocycles. The summed E-state index contributed by atoms with van der Waals surface area (Å²) in [5.74, 6) is -0.316. The third-order valence-corrected chi connectivity index (χ3v) is 4.26. The summed E-state index contributed by atoms with van der Waals surface area (Å²) in [6.45, 7) is 12.1. The molecule has 5 heteroatoms. The number of likely N-dealkylation sites (N-methyl/N-ethyl adjacent to an activating group) is 1. The van der Waals surface area contributed by atoms with Crippen LogP contribution in [-0.4, -0.2) is 42.6 Å². The van der Waals surface area contributed by atoms with Crippen LogP contribution in [0.2, 0.25) is 0 Å². The predicted octanol–water partition coefficient (Wildman–Crippen LogP) is 3.55. The lowest BCUT2D eigenvalue weighted by Gasteiger charge is -2.28. The molecule has 0 bridgehead atoms. The number of aryl methyl sites for hydroxylation is 1. The number of esters is 1. The van der Waals surface area contributed by atoms with Crippen molar-refractivity contribution in [2.45, 2.75) is 65.2 Å². The SMILES string of the molecule is CN(C)C(=O)COC(=O)CCc1cc(C(C)(C)C)c(O)c(C(C)(C)C)c1. The van der Waals surface area contributed by atoms with E-state index in [1.54, 1.807) is 14.1 Å². The summed E-state index contributed by atoms with van der Waals surface area (Å²) in [4.78, 5) is 24.8. The summed E-state index contributed by atoms with van der Waals surface area (Å²) < 4.78 is 5.03. The standard InChI is InChI=1S/C21H33NO4/c1-20(2,3)15-11-14(12-16(19(15)25)21(4,5)6)9-10-18(24)26-13-17(23)22(7)8/h11-12,25H,9-10,13H2,1-8H3. The predicted molar refractivity (Wildman–Crippen MR) is 103 cm³/mol. The van der Waals surface area contributed by atoms with Gasteiger partial charge in [-0.3, -0.25) is 9.59 Å². The number of amides is 1. The van der Waals surface area contributed by atoms with Crippen LogP contribution in [0.25, 0.3) is 0 Å².